The summed E-state index contributed by atoms with van der Waals surface area (Å²) in [5.74, 6) is -2.54. The van der Waals surface area contributed by atoms with E-state index in [0.29, 0.717) is 23.4 Å². The van der Waals surface area contributed by atoms with Crippen LogP contribution in [0, 0.1) is 56.2 Å². The Hall–Kier alpha value is -2.59. The fourth-order valence-electron chi connectivity index (χ4n) is 4.18. The molecule has 0 saturated carbocycles. The third kappa shape index (κ3) is 1.91. The van der Waals surface area contributed by atoms with E-state index >= 15 is 0 Å². The van der Waals surface area contributed by atoms with Crippen molar-refractivity contribution in [3.63, 3.8) is 0 Å². The molecule has 2 bridgehead atoms. The summed E-state index contributed by atoms with van der Waals surface area (Å²) < 4.78 is 12.1. The van der Waals surface area contributed by atoms with Crippen molar-refractivity contribution in [2.45, 2.75) is 38.6 Å². The summed E-state index contributed by atoms with van der Waals surface area (Å²) in [6.07, 6.45) is 0.177. The topological polar surface area (TPSA) is 114 Å². The van der Waals surface area contributed by atoms with E-state index in [1.807, 2.05) is 19.1 Å². The molecule has 4 atom stereocenters. The summed E-state index contributed by atoms with van der Waals surface area (Å²) >= 11 is 5.98. The molecule has 2 heterocycles. The standard InChI is InChI=1S/C19H17ClN4O2/c1-3-4-15-17(9-21,10-22)18(11-23)12(2)19(25-15,26-16(18)24)13-5-7-14(20)8-6-13/h5-8,12,15,24H,3-4H2,1-2H3. The quantitative estimate of drug-likeness (QED) is 0.869. The van der Waals surface area contributed by atoms with Gasteiger partial charge in [0.25, 0.3) is 0 Å². The highest BCUT2D eigenvalue weighted by atomic mass is 35.5. The van der Waals surface area contributed by atoms with Crippen molar-refractivity contribution in [1.29, 1.82) is 21.2 Å². The maximum Gasteiger partial charge on any atom is 0.243 e. The number of halogens is 1. The highest BCUT2D eigenvalue weighted by molar-refractivity contribution is 6.30. The van der Waals surface area contributed by atoms with E-state index in [1.165, 1.54) is 0 Å². The molecule has 3 rings (SSSR count). The molecule has 132 valence electrons. The molecule has 2 saturated heterocycles. The second-order valence-electron chi connectivity index (χ2n) is 6.67. The average Bonchev–Trinajstić information content (AvgIpc) is 2.80. The monoisotopic (exact) mass is 368 g/mol. The average molecular weight is 369 g/mol. The highest BCUT2D eigenvalue weighted by Crippen LogP contribution is 2.65. The number of hydrogen-bond acceptors (Lipinski definition) is 6. The van der Waals surface area contributed by atoms with Crippen molar-refractivity contribution >= 4 is 17.5 Å². The van der Waals surface area contributed by atoms with Gasteiger partial charge in [0.1, 0.15) is 0 Å². The molecule has 2 fully saturated rings. The molecule has 4 unspecified atom stereocenters. The Bertz CT molecular complexity index is 865. The van der Waals surface area contributed by atoms with Gasteiger partial charge in [-0.05, 0) is 18.6 Å². The summed E-state index contributed by atoms with van der Waals surface area (Å²) in [5.41, 5.74) is -2.93. The van der Waals surface area contributed by atoms with Crippen molar-refractivity contribution < 1.29 is 9.47 Å². The number of hydrogen-bond donors (Lipinski definition) is 1. The predicted octanol–water partition coefficient (Wildman–Crippen LogP) is 3.88. The van der Waals surface area contributed by atoms with Crippen molar-refractivity contribution in [2.24, 2.45) is 16.7 Å². The lowest BCUT2D eigenvalue weighted by Gasteiger charge is -2.48. The molecule has 1 aromatic carbocycles. The largest absolute Gasteiger partial charge is 0.443 e. The van der Waals surface area contributed by atoms with Crippen LogP contribution in [0.25, 0.3) is 0 Å². The predicted molar refractivity (Wildman–Crippen MR) is 92.6 cm³/mol. The fourth-order valence-corrected chi connectivity index (χ4v) is 4.31. The first-order valence-electron chi connectivity index (χ1n) is 8.34. The Balaban J connectivity index is 2.29. The van der Waals surface area contributed by atoms with Gasteiger partial charge < -0.3 is 9.47 Å². The van der Waals surface area contributed by atoms with Gasteiger partial charge in [-0.3, -0.25) is 5.41 Å². The Labute approximate surface area is 157 Å². The zero-order valence-corrected chi connectivity index (χ0v) is 15.2. The second-order valence-corrected chi connectivity index (χ2v) is 7.11. The molecule has 0 radical (unpaired) electrons. The van der Waals surface area contributed by atoms with Gasteiger partial charge in [0.05, 0.1) is 30.2 Å². The first-order valence-corrected chi connectivity index (χ1v) is 8.72. The first kappa shape index (κ1) is 18.2. The normalized spacial score (nSPS) is 34.2. The van der Waals surface area contributed by atoms with Crippen LogP contribution in [0.5, 0.6) is 0 Å². The van der Waals surface area contributed by atoms with Crippen LogP contribution >= 0.6 is 11.6 Å². The first-order chi connectivity index (χ1) is 12.4. The Morgan fingerprint density at radius 1 is 1.15 bits per heavy atom. The SMILES string of the molecule is CCCC1OC2(c3ccc(Cl)cc3)OC(=N)C(C#N)(C2C)C1(C#N)C#N. The van der Waals surface area contributed by atoms with E-state index in [2.05, 4.69) is 6.07 Å². The van der Waals surface area contributed by atoms with Gasteiger partial charge in [0.2, 0.25) is 11.7 Å². The molecular formula is C19H17ClN4O2. The molecule has 2 aliphatic heterocycles. The van der Waals surface area contributed by atoms with Gasteiger partial charge in [0, 0.05) is 10.6 Å². The molecule has 0 amide bonds. The molecule has 0 aromatic heterocycles. The molecule has 1 aromatic rings. The molecule has 0 aliphatic carbocycles. The van der Waals surface area contributed by atoms with Gasteiger partial charge >= 0.3 is 0 Å². The van der Waals surface area contributed by atoms with Crippen LogP contribution in [-0.2, 0) is 15.3 Å². The number of nitrogens with one attached hydrogen (secondary N) is 1. The Kier molecular flexibility index (Phi) is 4.20. The van der Waals surface area contributed by atoms with Crippen LogP contribution in [0.3, 0.4) is 0 Å². The van der Waals surface area contributed by atoms with E-state index in [4.69, 9.17) is 26.5 Å². The second kappa shape index (κ2) is 5.99. The molecule has 1 N–H and O–H groups in total. The lowest BCUT2D eigenvalue weighted by atomic mass is 9.53. The smallest absolute Gasteiger partial charge is 0.243 e. The van der Waals surface area contributed by atoms with Crippen LogP contribution < -0.4 is 0 Å². The lowest BCUT2D eigenvalue weighted by Crippen LogP contribution is -2.60. The van der Waals surface area contributed by atoms with Gasteiger partial charge in [-0.1, -0.05) is 44.0 Å². The molecule has 0 spiro atoms. The molecule has 6 nitrogen and oxygen atoms in total. The van der Waals surface area contributed by atoms with Gasteiger partial charge in [-0.15, -0.1) is 0 Å². The molecule has 26 heavy (non-hydrogen) atoms. The fraction of sp³-hybridized carbons (Fsp3) is 0.474. The van der Waals surface area contributed by atoms with E-state index < -0.39 is 34.5 Å². The number of benzene rings is 1. The van der Waals surface area contributed by atoms with Gasteiger partial charge in [0.15, 0.2) is 10.8 Å². The molecular weight excluding hydrogens is 352 g/mol. The summed E-state index contributed by atoms with van der Waals surface area (Å²) in [6, 6.07) is 12.9. The van der Waals surface area contributed by atoms with E-state index in [0.717, 1.165) is 0 Å². The van der Waals surface area contributed by atoms with Gasteiger partial charge in [-0.25, -0.2) is 0 Å². The minimum atomic E-state index is -1.82. The van der Waals surface area contributed by atoms with Crippen molar-refractivity contribution in [3.8, 4) is 18.2 Å². The lowest BCUT2D eigenvalue weighted by molar-refractivity contribution is -0.286. The zero-order valence-electron chi connectivity index (χ0n) is 14.4. The summed E-state index contributed by atoms with van der Waals surface area (Å²) in [5, 5.41) is 38.8. The van der Waals surface area contributed by atoms with E-state index in [-0.39, 0.29) is 0 Å². The number of fused-ring (bicyclic) bond motifs is 2. The van der Waals surface area contributed by atoms with Crippen LogP contribution in [0.1, 0.15) is 32.3 Å². The third-order valence-corrected chi connectivity index (χ3v) is 5.83. The maximum atomic E-state index is 10.0. The summed E-state index contributed by atoms with van der Waals surface area (Å²) in [7, 11) is 0. The van der Waals surface area contributed by atoms with Crippen LogP contribution in [0.15, 0.2) is 24.3 Å². The molecule has 7 heteroatoms. The van der Waals surface area contributed by atoms with Gasteiger partial charge in [-0.2, -0.15) is 15.8 Å². The van der Waals surface area contributed by atoms with Crippen molar-refractivity contribution in [1.82, 2.24) is 0 Å². The highest BCUT2D eigenvalue weighted by Gasteiger charge is 2.79. The van der Waals surface area contributed by atoms with Crippen molar-refractivity contribution in [2.75, 3.05) is 0 Å². The zero-order chi connectivity index (χ0) is 19.2. The number of nitrogens with zero attached hydrogens (tertiary/aromatic N) is 3. The minimum absolute atomic E-state index is 0.392. The number of ether oxygens (including phenoxy) is 2. The van der Waals surface area contributed by atoms with Crippen LogP contribution in [0.2, 0.25) is 5.02 Å². The van der Waals surface area contributed by atoms with E-state index in [1.54, 1.807) is 31.2 Å². The number of rotatable bonds is 3. The summed E-state index contributed by atoms with van der Waals surface area (Å²) in [6.45, 7) is 3.59. The maximum absolute atomic E-state index is 10.0. The Morgan fingerprint density at radius 3 is 2.27 bits per heavy atom. The summed E-state index contributed by atoms with van der Waals surface area (Å²) in [4.78, 5) is 0. The third-order valence-electron chi connectivity index (χ3n) is 5.58. The minimum Gasteiger partial charge on any atom is -0.443 e. The molecule has 2 aliphatic rings. The number of nitriles is 3. The van der Waals surface area contributed by atoms with Crippen LogP contribution in [0.4, 0.5) is 0 Å². The van der Waals surface area contributed by atoms with Crippen molar-refractivity contribution in [3.05, 3.63) is 34.9 Å². The van der Waals surface area contributed by atoms with E-state index in [9.17, 15) is 15.8 Å². The Morgan fingerprint density at radius 2 is 1.77 bits per heavy atom. The van der Waals surface area contributed by atoms with Crippen LogP contribution in [-0.4, -0.2) is 12.0 Å².